The summed E-state index contributed by atoms with van der Waals surface area (Å²) >= 11 is 0. The number of carbonyl (C=O) groups is 7. The summed E-state index contributed by atoms with van der Waals surface area (Å²) < 4.78 is 0. The quantitative estimate of drug-likeness (QED) is 0.189. The van der Waals surface area contributed by atoms with E-state index in [1.54, 1.807) is 56.9 Å². The normalized spacial score (nSPS) is 26.7. The number of carbonyl (C=O) groups excluding carboxylic acids is 6. The fourth-order valence-electron chi connectivity index (χ4n) is 6.29. The molecule has 16 nitrogen and oxygen atoms in total. The number of aliphatic carboxylic acids is 1. The number of benzene rings is 1. The Morgan fingerprint density at radius 2 is 1.61 bits per heavy atom. The smallest absolute Gasteiger partial charge is 0.305 e. The van der Waals surface area contributed by atoms with Crippen molar-refractivity contribution in [1.29, 1.82) is 0 Å². The number of aliphatic hydroxyl groups is 1. The van der Waals surface area contributed by atoms with Gasteiger partial charge in [0, 0.05) is 17.6 Å². The van der Waals surface area contributed by atoms with Crippen LogP contribution in [0.25, 0.3) is 0 Å². The molecule has 2 heterocycles. The van der Waals surface area contributed by atoms with E-state index in [2.05, 4.69) is 31.9 Å². The highest BCUT2D eigenvalue weighted by Crippen LogP contribution is 2.24. The molecule has 2 aliphatic heterocycles. The highest BCUT2D eigenvalue weighted by molar-refractivity contribution is 5.99. The summed E-state index contributed by atoms with van der Waals surface area (Å²) in [5.74, 6) is -5.71. The van der Waals surface area contributed by atoms with Gasteiger partial charge in [-0.25, -0.2) is 0 Å². The van der Waals surface area contributed by atoms with Gasteiger partial charge < -0.3 is 42.1 Å². The first-order chi connectivity index (χ1) is 23.8. The molecule has 0 spiro atoms. The van der Waals surface area contributed by atoms with Gasteiger partial charge in [0.1, 0.15) is 24.2 Å². The third kappa shape index (κ3) is 11.7. The van der Waals surface area contributed by atoms with Gasteiger partial charge in [-0.2, -0.15) is 0 Å². The Kier molecular flexibility index (Phi) is 14.1. The molecule has 1 aromatic rings. The average Bonchev–Trinajstić information content (AvgIpc) is 3.49. The molecule has 1 fully saturated rings. The van der Waals surface area contributed by atoms with Crippen LogP contribution in [0.5, 0.6) is 0 Å². The molecule has 0 radical (unpaired) electrons. The fraction of sp³-hybridized carbons (Fsp3) is 0.629. The Hall–Kier alpha value is -4.57. The maximum Gasteiger partial charge on any atom is 0.305 e. The molecule has 1 aromatic carbocycles. The minimum Gasteiger partial charge on any atom is -0.481 e. The summed E-state index contributed by atoms with van der Waals surface area (Å²) in [6, 6.07) is -0.726. The Morgan fingerprint density at radius 1 is 0.941 bits per heavy atom. The van der Waals surface area contributed by atoms with E-state index in [4.69, 9.17) is 0 Å². The van der Waals surface area contributed by atoms with Crippen LogP contribution >= 0.6 is 0 Å². The van der Waals surface area contributed by atoms with Gasteiger partial charge >= 0.3 is 5.97 Å². The molecular weight excluding hydrogens is 662 g/mol. The van der Waals surface area contributed by atoms with Crippen LogP contribution in [0.4, 0.5) is 0 Å². The molecule has 2 bridgehead atoms. The van der Waals surface area contributed by atoms with Crippen molar-refractivity contribution in [2.75, 3.05) is 6.54 Å². The largest absolute Gasteiger partial charge is 0.481 e. The summed E-state index contributed by atoms with van der Waals surface area (Å²) in [5, 5.41) is 36.1. The first kappa shape index (κ1) is 40.9. The standard InChI is InChI=1S/C35H53N7O9/c1-18(2)14-23-30(47)39-24(16-26(44)45)31(48)40-27(20(4)43)33(50)37-19(3)28(34(51)41-35(5,6)7)42-13-9-12-25(42)32(49)36-17-21-10-8-11-22(15-21)29(46)38-23/h8,10-11,15,18-20,23-25,27-28,43H,9,12-14,16-17H2,1-7H3,(H,36,49)(H,37,50)(H,38,46)(H,39,47)(H,40,48)(H,41,51)(H,44,45)/t19-,20+,23-,24-,25-,27-,28-/m0/s1. The lowest BCUT2D eigenvalue weighted by molar-refractivity contribution is -0.141. The molecule has 2 aliphatic rings. The fourth-order valence-corrected chi connectivity index (χ4v) is 6.29. The third-order valence-corrected chi connectivity index (χ3v) is 8.62. The van der Waals surface area contributed by atoms with Gasteiger partial charge in [-0.15, -0.1) is 0 Å². The molecule has 8 N–H and O–H groups in total. The molecule has 3 rings (SSSR count). The maximum absolute atomic E-state index is 13.8. The van der Waals surface area contributed by atoms with Gasteiger partial charge in [-0.3, -0.25) is 38.5 Å². The molecule has 0 saturated carbocycles. The van der Waals surface area contributed by atoms with Crippen molar-refractivity contribution in [2.24, 2.45) is 5.92 Å². The van der Waals surface area contributed by atoms with Crippen LogP contribution in [0.3, 0.4) is 0 Å². The van der Waals surface area contributed by atoms with E-state index in [0.717, 1.165) is 0 Å². The second-order valence-electron chi connectivity index (χ2n) is 14.8. The van der Waals surface area contributed by atoms with Gasteiger partial charge in [-0.1, -0.05) is 26.0 Å². The molecule has 282 valence electrons. The molecule has 1 saturated heterocycles. The number of hydrogen-bond acceptors (Lipinski definition) is 9. The average molecular weight is 716 g/mol. The number of amides is 6. The number of carboxylic acids is 1. The van der Waals surface area contributed by atoms with Crippen LogP contribution in [0, 0.1) is 5.92 Å². The number of carboxylic acid groups (broad SMARTS) is 1. The number of aliphatic hydroxyl groups excluding tert-OH is 1. The number of nitrogens with zero attached hydrogens (tertiary/aromatic N) is 1. The lowest BCUT2D eigenvalue weighted by Crippen LogP contribution is -2.65. The Morgan fingerprint density at radius 3 is 2.22 bits per heavy atom. The van der Waals surface area contributed by atoms with Crippen LogP contribution < -0.4 is 31.9 Å². The highest BCUT2D eigenvalue weighted by atomic mass is 16.4. The topological polar surface area (TPSA) is 235 Å². The van der Waals surface area contributed by atoms with Crippen LogP contribution in [0.15, 0.2) is 24.3 Å². The Balaban J connectivity index is 2.09. The number of nitrogens with one attached hydrogen (secondary N) is 6. The van der Waals surface area contributed by atoms with E-state index in [1.807, 2.05) is 13.8 Å². The summed E-state index contributed by atoms with van der Waals surface area (Å²) in [6.07, 6.45) is -1.18. The van der Waals surface area contributed by atoms with Gasteiger partial charge in [-0.05, 0) is 84.0 Å². The van der Waals surface area contributed by atoms with Gasteiger partial charge in [0.2, 0.25) is 29.5 Å². The molecule has 51 heavy (non-hydrogen) atoms. The second-order valence-corrected chi connectivity index (χ2v) is 14.8. The summed E-state index contributed by atoms with van der Waals surface area (Å²) in [5.41, 5.74) is 0.140. The number of hydrogen-bond donors (Lipinski definition) is 8. The zero-order chi connectivity index (χ0) is 38.2. The lowest BCUT2D eigenvalue weighted by atomic mass is 10.0. The predicted molar refractivity (Wildman–Crippen MR) is 186 cm³/mol. The SMILES string of the molecule is CC(C)C[C@@H]1NC(=O)c2cccc(c2)CNC(=O)[C@@H]2CCCN2[C@H](C(=O)NC(C)(C)C)[C@H](C)NC(=O)[C@H]([C@@H](C)O)NC(=O)[C@H](CC(=O)O)NC1=O. The number of rotatable bonds is 6. The minimum atomic E-state index is -1.68. The first-order valence-electron chi connectivity index (χ1n) is 17.3. The third-order valence-electron chi connectivity index (χ3n) is 8.62. The minimum absolute atomic E-state index is 0.0616. The van der Waals surface area contributed by atoms with Crippen molar-refractivity contribution in [3.63, 3.8) is 0 Å². The van der Waals surface area contributed by atoms with Crippen molar-refractivity contribution in [1.82, 2.24) is 36.8 Å². The van der Waals surface area contributed by atoms with Gasteiger partial charge in [0.05, 0.1) is 24.6 Å². The van der Waals surface area contributed by atoms with E-state index in [0.29, 0.717) is 24.9 Å². The van der Waals surface area contributed by atoms with E-state index in [9.17, 15) is 43.8 Å². The molecule has 7 atom stereocenters. The Labute approximate surface area is 298 Å². The van der Waals surface area contributed by atoms with E-state index >= 15 is 0 Å². The zero-order valence-electron chi connectivity index (χ0n) is 30.4. The molecule has 0 unspecified atom stereocenters. The van der Waals surface area contributed by atoms with Crippen molar-refractivity contribution >= 4 is 41.4 Å². The van der Waals surface area contributed by atoms with Crippen LogP contribution in [-0.4, -0.2) is 111 Å². The molecule has 0 aliphatic carbocycles. The second kappa shape index (κ2) is 17.6. The van der Waals surface area contributed by atoms with Gasteiger partial charge in [0.25, 0.3) is 5.91 Å². The number of fused-ring (bicyclic) bond motifs is 3. The van der Waals surface area contributed by atoms with Crippen molar-refractivity contribution in [2.45, 2.75) is 129 Å². The van der Waals surface area contributed by atoms with Gasteiger partial charge in [0.15, 0.2) is 0 Å². The van der Waals surface area contributed by atoms with E-state index < -0.39 is 89.8 Å². The lowest BCUT2D eigenvalue weighted by Gasteiger charge is -2.37. The van der Waals surface area contributed by atoms with Crippen molar-refractivity contribution in [3.8, 4) is 0 Å². The predicted octanol–water partition coefficient (Wildman–Crippen LogP) is -0.462. The summed E-state index contributed by atoms with van der Waals surface area (Å²) in [4.78, 5) is 95.0. The Bertz CT molecular complexity index is 1480. The van der Waals surface area contributed by atoms with Crippen LogP contribution in [0.1, 0.15) is 90.1 Å². The zero-order valence-corrected chi connectivity index (χ0v) is 30.4. The van der Waals surface area contributed by atoms with Crippen molar-refractivity contribution in [3.05, 3.63) is 35.4 Å². The molecular formula is C35H53N7O9. The molecule has 0 aromatic heterocycles. The summed E-state index contributed by atoms with van der Waals surface area (Å²) in [7, 11) is 0. The highest BCUT2D eigenvalue weighted by Gasteiger charge is 2.43. The molecule has 6 amide bonds. The van der Waals surface area contributed by atoms with E-state index in [1.165, 1.54) is 6.92 Å². The molecule has 16 heteroatoms. The summed E-state index contributed by atoms with van der Waals surface area (Å²) in [6.45, 7) is 12.3. The monoisotopic (exact) mass is 715 g/mol. The van der Waals surface area contributed by atoms with Crippen LogP contribution in [0.2, 0.25) is 0 Å². The first-order valence-corrected chi connectivity index (χ1v) is 17.3. The van der Waals surface area contributed by atoms with Crippen molar-refractivity contribution < 1.29 is 43.8 Å². The van der Waals surface area contributed by atoms with E-state index in [-0.39, 0.29) is 30.4 Å². The maximum atomic E-state index is 13.8. The van der Waals surface area contributed by atoms with Crippen LogP contribution in [-0.2, 0) is 35.3 Å².